The second-order valence-corrected chi connectivity index (χ2v) is 8.53. The highest BCUT2D eigenvalue weighted by Crippen LogP contribution is 2.25. The van der Waals surface area contributed by atoms with Crippen LogP contribution in [0.15, 0.2) is 36.4 Å². The molecule has 2 amide bonds. The third kappa shape index (κ3) is 5.34. The van der Waals surface area contributed by atoms with Gasteiger partial charge in [-0.15, -0.1) is 0 Å². The molecule has 0 spiro atoms. The number of likely N-dealkylation sites (N-methyl/N-ethyl adjacent to an activating group) is 1. The van der Waals surface area contributed by atoms with Crippen molar-refractivity contribution < 1.29 is 19.1 Å². The van der Waals surface area contributed by atoms with Gasteiger partial charge in [0.05, 0.1) is 20.2 Å². The van der Waals surface area contributed by atoms with Crippen LogP contribution in [0.5, 0.6) is 0 Å². The average molecular weight is 438 g/mol. The molecule has 0 fully saturated rings. The van der Waals surface area contributed by atoms with Gasteiger partial charge in [-0.3, -0.25) is 14.5 Å². The van der Waals surface area contributed by atoms with E-state index in [4.69, 9.17) is 4.74 Å². The zero-order valence-electron chi connectivity index (χ0n) is 19.4. The Hall–Kier alpha value is -3.19. The lowest BCUT2D eigenvalue weighted by atomic mass is 9.94. The van der Waals surface area contributed by atoms with Crippen molar-refractivity contribution in [3.8, 4) is 0 Å². The van der Waals surface area contributed by atoms with E-state index in [-0.39, 0.29) is 24.9 Å². The maximum atomic E-state index is 13.1. The highest BCUT2D eigenvalue weighted by molar-refractivity contribution is 5.94. The molecule has 1 aliphatic heterocycles. The zero-order valence-corrected chi connectivity index (χ0v) is 19.4. The van der Waals surface area contributed by atoms with Crippen molar-refractivity contribution in [1.29, 1.82) is 0 Å². The van der Waals surface area contributed by atoms with E-state index < -0.39 is 12.0 Å². The minimum Gasteiger partial charge on any atom is -0.467 e. The van der Waals surface area contributed by atoms with Gasteiger partial charge in [0.1, 0.15) is 6.04 Å². The third-order valence-corrected chi connectivity index (χ3v) is 5.80. The Kier molecular flexibility index (Phi) is 7.30. The minimum absolute atomic E-state index is 0.0228. The number of rotatable bonds is 6. The molecule has 1 unspecified atom stereocenters. The fraction of sp³-hybridized carbons (Fsp3) is 0.400. The number of hydrogen-bond donors (Lipinski definition) is 1. The van der Waals surface area contributed by atoms with Crippen molar-refractivity contribution in [2.75, 3.05) is 32.6 Å². The predicted molar refractivity (Wildman–Crippen MR) is 123 cm³/mol. The van der Waals surface area contributed by atoms with E-state index in [0.29, 0.717) is 13.0 Å². The summed E-state index contributed by atoms with van der Waals surface area (Å²) in [7, 11) is 3.05. The van der Waals surface area contributed by atoms with Gasteiger partial charge in [-0.1, -0.05) is 42.0 Å². The summed E-state index contributed by atoms with van der Waals surface area (Å²) in [5.74, 6) is -0.838. The van der Waals surface area contributed by atoms with E-state index in [0.717, 1.165) is 33.5 Å². The number of hydrogen-bond acceptors (Lipinski definition) is 5. The molecule has 7 nitrogen and oxygen atoms in total. The molecule has 1 heterocycles. The van der Waals surface area contributed by atoms with Crippen molar-refractivity contribution in [2.24, 2.45) is 0 Å². The second kappa shape index (κ2) is 9.96. The number of carbonyl (C=O) groups excluding carboxylic acids is 3. The first-order chi connectivity index (χ1) is 15.2. The van der Waals surface area contributed by atoms with Crippen LogP contribution < -0.4 is 5.32 Å². The van der Waals surface area contributed by atoms with Gasteiger partial charge in [-0.05, 0) is 50.1 Å². The quantitative estimate of drug-likeness (QED) is 0.703. The van der Waals surface area contributed by atoms with Gasteiger partial charge >= 0.3 is 5.97 Å². The summed E-state index contributed by atoms with van der Waals surface area (Å²) >= 11 is 0. The first-order valence-electron chi connectivity index (χ1n) is 10.7. The van der Waals surface area contributed by atoms with Crippen molar-refractivity contribution in [3.05, 3.63) is 64.2 Å². The second-order valence-electron chi connectivity index (χ2n) is 8.53. The Labute approximate surface area is 189 Å². The van der Waals surface area contributed by atoms with E-state index in [1.165, 1.54) is 7.11 Å². The number of aryl methyl sites for hydroxylation is 3. The summed E-state index contributed by atoms with van der Waals surface area (Å²) in [6.45, 7) is 6.37. The van der Waals surface area contributed by atoms with E-state index in [1.54, 1.807) is 16.8 Å². The van der Waals surface area contributed by atoms with Crippen molar-refractivity contribution in [3.63, 3.8) is 0 Å². The van der Waals surface area contributed by atoms with Gasteiger partial charge in [-0.25, -0.2) is 4.79 Å². The topological polar surface area (TPSA) is 79.0 Å². The highest BCUT2D eigenvalue weighted by atomic mass is 16.5. The Bertz CT molecular complexity index is 1010. The summed E-state index contributed by atoms with van der Waals surface area (Å²) in [6.07, 6.45) is 0.421. The molecule has 3 rings (SSSR count). The van der Waals surface area contributed by atoms with Crippen LogP contribution in [0.25, 0.3) is 0 Å². The van der Waals surface area contributed by atoms with E-state index in [1.807, 2.05) is 57.2 Å². The number of anilines is 1. The van der Waals surface area contributed by atoms with Crippen molar-refractivity contribution >= 4 is 23.5 Å². The molecule has 0 radical (unpaired) electrons. The summed E-state index contributed by atoms with van der Waals surface area (Å²) in [6, 6.07) is 11.2. The van der Waals surface area contributed by atoms with E-state index >= 15 is 0 Å². The molecule has 1 aliphatic rings. The molecular formula is C25H31N3O4. The van der Waals surface area contributed by atoms with Gasteiger partial charge in [0.15, 0.2) is 0 Å². The molecule has 2 aromatic rings. The number of carbonyl (C=O) groups is 3. The monoisotopic (exact) mass is 437 g/mol. The number of ether oxygens (including phenoxy) is 1. The molecule has 0 aromatic heterocycles. The fourth-order valence-corrected chi connectivity index (χ4v) is 4.31. The lowest BCUT2D eigenvalue weighted by Gasteiger charge is -2.36. The Morgan fingerprint density at radius 3 is 2.31 bits per heavy atom. The normalized spacial score (nSPS) is 15.3. The molecule has 0 saturated carbocycles. The maximum absolute atomic E-state index is 13.1. The van der Waals surface area contributed by atoms with Gasteiger partial charge in [0.2, 0.25) is 11.8 Å². The van der Waals surface area contributed by atoms with Gasteiger partial charge in [-0.2, -0.15) is 0 Å². The molecule has 170 valence electrons. The molecular weight excluding hydrogens is 406 g/mol. The Morgan fingerprint density at radius 1 is 1.06 bits per heavy atom. The largest absolute Gasteiger partial charge is 0.467 e. The smallest absolute Gasteiger partial charge is 0.328 e. The molecule has 1 atom stereocenters. The number of methoxy groups -OCH3 is 1. The Balaban J connectivity index is 1.65. The lowest BCUT2D eigenvalue weighted by Crippen LogP contribution is -2.52. The lowest BCUT2D eigenvalue weighted by molar-refractivity contribution is -0.154. The SMILES string of the molecule is COC(=O)C1Cc2ccccc2CN1C(=O)CN(C)CC(=O)Nc1c(C)cc(C)cc1C. The first-order valence-corrected chi connectivity index (χ1v) is 10.7. The zero-order chi connectivity index (χ0) is 23.4. The third-order valence-electron chi connectivity index (χ3n) is 5.80. The van der Waals surface area contributed by atoms with Gasteiger partial charge in [0, 0.05) is 18.7 Å². The standard InChI is InChI=1S/C25H31N3O4/c1-16-10-17(2)24(18(3)11-16)26-22(29)14-27(4)15-23(30)28-13-20-9-7-6-8-19(20)12-21(28)25(31)32-5/h6-11,21H,12-15H2,1-5H3,(H,26,29). The number of esters is 1. The molecule has 7 heteroatoms. The summed E-state index contributed by atoms with van der Waals surface area (Å²) < 4.78 is 4.94. The predicted octanol–water partition coefficient (Wildman–Crippen LogP) is 2.61. The van der Waals surface area contributed by atoms with Crippen LogP contribution >= 0.6 is 0 Å². The summed E-state index contributed by atoms with van der Waals surface area (Å²) in [4.78, 5) is 41.2. The van der Waals surface area contributed by atoms with Crippen LogP contribution in [0, 0.1) is 20.8 Å². The van der Waals surface area contributed by atoms with E-state index in [2.05, 4.69) is 5.32 Å². The van der Waals surface area contributed by atoms with Crippen molar-refractivity contribution in [2.45, 2.75) is 39.8 Å². The number of nitrogens with zero attached hydrogens (tertiary/aromatic N) is 2. The number of benzene rings is 2. The minimum atomic E-state index is -0.664. The van der Waals surface area contributed by atoms with Crippen molar-refractivity contribution in [1.82, 2.24) is 9.80 Å². The molecule has 0 aliphatic carbocycles. The summed E-state index contributed by atoms with van der Waals surface area (Å²) in [5, 5.41) is 2.96. The van der Waals surface area contributed by atoms with Crippen LogP contribution in [0.2, 0.25) is 0 Å². The van der Waals surface area contributed by atoms with Gasteiger partial charge in [0.25, 0.3) is 0 Å². The van der Waals surface area contributed by atoms with Crippen LogP contribution in [0.1, 0.15) is 27.8 Å². The van der Waals surface area contributed by atoms with Crippen LogP contribution in [-0.2, 0) is 32.1 Å². The molecule has 32 heavy (non-hydrogen) atoms. The van der Waals surface area contributed by atoms with Crippen LogP contribution in [-0.4, -0.2) is 60.9 Å². The van der Waals surface area contributed by atoms with Crippen LogP contribution in [0.4, 0.5) is 5.69 Å². The number of amides is 2. The fourth-order valence-electron chi connectivity index (χ4n) is 4.31. The number of fused-ring (bicyclic) bond motifs is 1. The molecule has 0 bridgehead atoms. The molecule has 0 saturated heterocycles. The maximum Gasteiger partial charge on any atom is 0.328 e. The number of nitrogens with one attached hydrogen (secondary N) is 1. The van der Waals surface area contributed by atoms with Gasteiger partial charge < -0.3 is 15.0 Å². The first kappa shape index (κ1) is 23.5. The van der Waals surface area contributed by atoms with E-state index in [9.17, 15) is 14.4 Å². The van der Waals surface area contributed by atoms with Crippen LogP contribution in [0.3, 0.4) is 0 Å². The Morgan fingerprint density at radius 2 is 1.69 bits per heavy atom. The average Bonchev–Trinajstić information content (AvgIpc) is 2.74. The summed E-state index contributed by atoms with van der Waals surface area (Å²) in [5.41, 5.74) is 6.02. The molecule has 2 aromatic carbocycles. The highest BCUT2D eigenvalue weighted by Gasteiger charge is 2.35. The molecule has 1 N–H and O–H groups in total.